The molecule has 0 aliphatic heterocycles. The van der Waals surface area contributed by atoms with Crippen molar-refractivity contribution in [3.63, 3.8) is 0 Å². The molecular formula is C13H14BrN5O2. The Labute approximate surface area is 129 Å². The van der Waals surface area contributed by atoms with E-state index in [9.17, 15) is 9.59 Å². The van der Waals surface area contributed by atoms with Gasteiger partial charge in [0.15, 0.2) is 0 Å². The zero-order chi connectivity index (χ0) is 15.6. The van der Waals surface area contributed by atoms with Gasteiger partial charge in [0, 0.05) is 9.86 Å². The first kappa shape index (κ1) is 15.0. The molecule has 0 aliphatic carbocycles. The van der Waals surface area contributed by atoms with Gasteiger partial charge < -0.3 is 22.1 Å². The number of primary amides is 2. The molecule has 0 unspecified atom stereocenters. The lowest BCUT2D eigenvalue weighted by molar-refractivity contribution is -0.117. The lowest BCUT2D eigenvalue weighted by Gasteiger charge is -2.24. The number of hydrogen-bond donors (Lipinski definition) is 3. The van der Waals surface area contributed by atoms with Crippen molar-refractivity contribution in [2.45, 2.75) is 0 Å². The van der Waals surface area contributed by atoms with E-state index in [1.807, 2.05) is 12.1 Å². The van der Waals surface area contributed by atoms with Crippen molar-refractivity contribution in [2.75, 3.05) is 23.7 Å². The van der Waals surface area contributed by atoms with Crippen molar-refractivity contribution < 1.29 is 9.59 Å². The van der Waals surface area contributed by atoms with Crippen LogP contribution in [0.3, 0.4) is 0 Å². The Morgan fingerprint density at radius 2 is 1.81 bits per heavy atom. The lowest BCUT2D eigenvalue weighted by atomic mass is 10.1. The molecule has 7 nitrogen and oxygen atoms in total. The molecule has 0 bridgehead atoms. The predicted octanol–water partition coefficient (Wildman–Crippen LogP) is 0.357. The fourth-order valence-electron chi connectivity index (χ4n) is 2.11. The first-order chi connectivity index (χ1) is 9.88. The van der Waals surface area contributed by atoms with E-state index in [1.54, 1.807) is 6.07 Å². The average molecular weight is 352 g/mol. The van der Waals surface area contributed by atoms with Crippen LogP contribution in [0, 0.1) is 0 Å². The zero-order valence-corrected chi connectivity index (χ0v) is 12.6. The van der Waals surface area contributed by atoms with E-state index in [4.69, 9.17) is 17.2 Å². The normalized spacial score (nSPS) is 10.5. The van der Waals surface area contributed by atoms with Crippen molar-refractivity contribution in [1.29, 1.82) is 0 Å². The molecule has 0 saturated carbocycles. The van der Waals surface area contributed by atoms with Crippen molar-refractivity contribution in [2.24, 2.45) is 11.5 Å². The lowest BCUT2D eigenvalue weighted by Crippen LogP contribution is -2.40. The largest absolute Gasteiger partial charge is 0.396 e. The van der Waals surface area contributed by atoms with Crippen molar-refractivity contribution in [3.8, 4) is 0 Å². The smallest absolute Gasteiger partial charge is 0.236 e. The minimum Gasteiger partial charge on any atom is -0.396 e. The highest BCUT2D eigenvalue weighted by molar-refractivity contribution is 9.10. The van der Waals surface area contributed by atoms with Gasteiger partial charge in [-0.05, 0) is 18.2 Å². The molecule has 2 amide bonds. The second-order valence-electron chi connectivity index (χ2n) is 4.51. The van der Waals surface area contributed by atoms with Crippen LogP contribution in [0.25, 0.3) is 10.9 Å². The molecule has 110 valence electrons. The fourth-order valence-corrected chi connectivity index (χ4v) is 2.47. The summed E-state index contributed by atoms with van der Waals surface area (Å²) >= 11 is 3.37. The molecule has 0 aliphatic rings. The molecule has 1 heterocycles. The van der Waals surface area contributed by atoms with Crippen LogP contribution in [0.5, 0.6) is 0 Å². The summed E-state index contributed by atoms with van der Waals surface area (Å²) in [5, 5.41) is 0.701. The van der Waals surface area contributed by atoms with Crippen molar-refractivity contribution in [1.82, 2.24) is 4.98 Å². The SMILES string of the molecule is NC(=O)CN(CC(N)=O)c1c(N)cnc2ccc(Br)cc12. The highest BCUT2D eigenvalue weighted by atomic mass is 79.9. The number of halogens is 1. The molecule has 0 atom stereocenters. The van der Waals surface area contributed by atoms with Crippen LogP contribution in [0.15, 0.2) is 28.9 Å². The van der Waals surface area contributed by atoms with E-state index in [-0.39, 0.29) is 13.1 Å². The molecular weight excluding hydrogens is 338 g/mol. The summed E-state index contributed by atoms with van der Waals surface area (Å²) < 4.78 is 0.821. The van der Waals surface area contributed by atoms with Crippen LogP contribution in [-0.2, 0) is 9.59 Å². The second-order valence-corrected chi connectivity index (χ2v) is 5.43. The van der Waals surface area contributed by atoms with Crippen LogP contribution in [-0.4, -0.2) is 29.9 Å². The number of aromatic nitrogens is 1. The third-order valence-electron chi connectivity index (χ3n) is 2.84. The van der Waals surface area contributed by atoms with Gasteiger partial charge in [0.1, 0.15) is 0 Å². The maximum Gasteiger partial charge on any atom is 0.236 e. The Bertz CT molecular complexity index is 698. The highest BCUT2D eigenvalue weighted by Gasteiger charge is 2.18. The molecule has 0 fully saturated rings. The standard InChI is InChI=1S/C13H14BrN5O2/c14-7-1-2-10-8(3-7)13(9(15)4-18-10)19(5-11(16)20)6-12(17)21/h1-4H,5-6,15H2,(H2,16,20)(H2,17,21). The number of benzene rings is 1. The maximum absolute atomic E-state index is 11.2. The van der Waals surface area contributed by atoms with Gasteiger partial charge in [-0.1, -0.05) is 15.9 Å². The fraction of sp³-hybridized carbons (Fsp3) is 0.154. The van der Waals surface area contributed by atoms with Gasteiger partial charge in [-0.25, -0.2) is 0 Å². The average Bonchev–Trinajstić information content (AvgIpc) is 2.36. The Balaban J connectivity index is 2.64. The predicted molar refractivity (Wildman–Crippen MR) is 84.5 cm³/mol. The first-order valence-corrected chi connectivity index (χ1v) is 6.83. The summed E-state index contributed by atoms with van der Waals surface area (Å²) in [6, 6.07) is 5.44. The number of fused-ring (bicyclic) bond motifs is 1. The molecule has 0 radical (unpaired) electrons. The molecule has 2 rings (SSSR count). The van der Waals surface area contributed by atoms with Crippen molar-refractivity contribution in [3.05, 3.63) is 28.9 Å². The number of anilines is 2. The number of nitrogen functional groups attached to an aromatic ring is 1. The van der Waals surface area contributed by atoms with Crippen LogP contribution < -0.4 is 22.1 Å². The van der Waals surface area contributed by atoms with Gasteiger partial charge in [0.25, 0.3) is 0 Å². The minimum atomic E-state index is -0.587. The van der Waals surface area contributed by atoms with E-state index >= 15 is 0 Å². The van der Waals surface area contributed by atoms with Gasteiger partial charge in [0.05, 0.1) is 36.2 Å². The number of carbonyl (C=O) groups excluding carboxylic acids is 2. The van der Waals surface area contributed by atoms with Crippen LogP contribution in [0.1, 0.15) is 0 Å². The Hall–Kier alpha value is -2.35. The van der Waals surface area contributed by atoms with Gasteiger partial charge in [0.2, 0.25) is 11.8 Å². The molecule has 0 saturated heterocycles. The van der Waals surface area contributed by atoms with Gasteiger partial charge in [-0.15, -0.1) is 0 Å². The maximum atomic E-state index is 11.2. The van der Waals surface area contributed by atoms with E-state index in [1.165, 1.54) is 11.1 Å². The summed E-state index contributed by atoms with van der Waals surface area (Å²) in [5.41, 5.74) is 18.0. The Morgan fingerprint density at radius 3 is 2.38 bits per heavy atom. The van der Waals surface area contributed by atoms with Crippen LogP contribution in [0.2, 0.25) is 0 Å². The summed E-state index contributed by atoms with van der Waals surface area (Å²) in [6.45, 7) is -0.336. The van der Waals surface area contributed by atoms with E-state index in [0.717, 1.165) is 4.47 Å². The Morgan fingerprint density at radius 1 is 1.19 bits per heavy atom. The molecule has 21 heavy (non-hydrogen) atoms. The molecule has 6 N–H and O–H groups in total. The zero-order valence-electron chi connectivity index (χ0n) is 11.0. The molecule has 8 heteroatoms. The molecule has 1 aromatic carbocycles. The Kier molecular flexibility index (Phi) is 4.27. The summed E-state index contributed by atoms with van der Waals surface area (Å²) in [4.78, 5) is 28.2. The molecule has 2 aromatic rings. The van der Waals surface area contributed by atoms with Crippen molar-refractivity contribution >= 4 is 50.0 Å². The minimum absolute atomic E-state index is 0.168. The monoisotopic (exact) mass is 351 g/mol. The number of carbonyl (C=O) groups is 2. The summed E-state index contributed by atoms with van der Waals surface area (Å²) in [7, 11) is 0. The summed E-state index contributed by atoms with van der Waals surface area (Å²) in [6.07, 6.45) is 1.47. The molecule has 0 spiro atoms. The van der Waals surface area contributed by atoms with E-state index < -0.39 is 11.8 Å². The number of hydrogen-bond acceptors (Lipinski definition) is 5. The highest BCUT2D eigenvalue weighted by Crippen LogP contribution is 2.33. The second kappa shape index (κ2) is 5.96. The van der Waals surface area contributed by atoms with Gasteiger partial charge in [-0.3, -0.25) is 14.6 Å². The van der Waals surface area contributed by atoms with Crippen LogP contribution in [0.4, 0.5) is 11.4 Å². The van der Waals surface area contributed by atoms with E-state index in [2.05, 4.69) is 20.9 Å². The number of nitrogens with two attached hydrogens (primary N) is 3. The topological polar surface area (TPSA) is 128 Å². The number of rotatable bonds is 5. The summed E-state index contributed by atoms with van der Waals surface area (Å²) in [5.74, 6) is -1.17. The van der Waals surface area contributed by atoms with Crippen LogP contribution >= 0.6 is 15.9 Å². The quantitative estimate of drug-likeness (QED) is 0.716. The first-order valence-electron chi connectivity index (χ1n) is 6.03. The van der Waals surface area contributed by atoms with Gasteiger partial charge >= 0.3 is 0 Å². The number of pyridine rings is 1. The van der Waals surface area contributed by atoms with E-state index in [0.29, 0.717) is 22.3 Å². The number of amides is 2. The van der Waals surface area contributed by atoms with Gasteiger partial charge in [-0.2, -0.15) is 0 Å². The third-order valence-corrected chi connectivity index (χ3v) is 3.33. The number of nitrogens with zero attached hydrogens (tertiary/aromatic N) is 2. The molecule has 1 aromatic heterocycles. The third kappa shape index (κ3) is 3.40.